The van der Waals surface area contributed by atoms with Crippen LogP contribution in [0.15, 0.2) is 18.2 Å². The summed E-state index contributed by atoms with van der Waals surface area (Å²) >= 11 is 1.54. The van der Waals surface area contributed by atoms with E-state index < -0.39 is 0 Å². The van der Waals surface area contributed by atoms with Crippen LogP contribution in [0, 0.1) is 5.82 Å². The molecule has 0 fully saturated rings. The molecule has 1 heterocycles. The number of fused-ring (bicyclic) bond motifs is 1. The van der Waals surface area contributed by atoms with E-state index in [1.165, 1.54) is 12.1 Å². The Bertz CT molecular complexity index is 486. The van der Waals surface area contributed by atoms with E-state index in [1.807, 2.05) is 6.92 Å². The van der Waals surface area contributed by atoms with E-state index >= 15 is 0 Å². The van der Waals surface area contributed by atoms with Crippen LogP contribution in [0.2, 0.25) is 0 Å². The number of nitrogens with one attached hydrogen (secondary N) is 1. The Hall–Kier alpha value is -1.20. The van der Waals surface area contributed by atoms with E-state index in [4.69, 9.17) is 4.74 Å². The van der Waals surface area contributed by atoms with Crippen molar-refractivity contribution in [1.82, 2.24) is 4.98 Å². The van der Waals surface area contributed by atoms with Crippen molar-refractivity contribution >= 4 is 26.7 Å². The topological polar surface area (TPSA) is 34.1 Å². The number of thiazole rings is 1. The molecule has 92 valence electrons. The molecule has 0 unspecified atom stereocenters. The summed E-state index contributed by atoms with van der Waals surface area (Å²) in [6, 6.07) is 4.67. The largest absolute Gasteiger partial charge is 0.382 e. The monoisotopic (exact) mass is 254 g/mol. The first-order valence-corrected chi connectivity index (χ1v) is 6.49. The van der Waals surface area contributed by atoms with Crippen LogP contribution in [0.25, 0.3) is 10.2 Å². The van der Waals surface area contributed by atoms with Gasteiger partial charge in [-0.05, 0) is 25.5 Å². The van der Waals surface area contributed by atoms with E-state index in [0.29, 0.717) is 5.52 Å². The molecule has 0 amide bonds. The fourth-order valence-electron chi connectivity index (χ4n) is 1.49. The maximum absolute atomic E-state index is 13.0. The Morgan fingerprint density at radius 3 is 3.18 bits per heavy atom. The maximum Gasteiger partial charge on any atom is 0.183 e. The quantitative estimate of drug-likeness (QED) is 0.803. The molecule has 0 saturated carbocycles. The second kappa shape index (κ2) is 5.93. The van der Waals surface area contributed by atoms with Gasteiger partial charge in [0.1, 0.15) is 5.82 Å². The molecule has 0 saturated heterocycles. The molecule has 1 N–H and O–H groups in total. The second-order valence-corrected chi connectivity index (χ2v) is 4.64. The minimum Gasteiger partial charge on any atom is -0.382 e. The molecule has 17 heavy (non-hydrogen) atoms. The highest BCUT2D eigenvalue weighted by atomic mass is 32.1. The lowest BCUT2D eigenvalue weighted by atomic mass is 10.3. The molecule has 1 aromatic carbocycles. The van der Waals surface area contributed by atoms with Crippen molar-refractivity contribution in [1.29, 1.82) is 0 Å². The Morgan fingerprint density at radius 1 is 1.47 bits per heavy atom. The van der Waals surface area contributed by atoms with E-state index in [0.717, 1.165) is 36.0 Å². The molecule has 1 aromatic heterocycles. The number of aromatic nitrogens is 1. The third-order valence-corrected chi connectivity index (χ3v) is 3.29. The van der Waals surface area contributed by atoms with Gasteiger partial charge in [-0.25, -0.2) is 9.37 Å². The van der Waals surface area contributed by atoms with Crippen molar-refractivity contribution in [2.75, 3.05) is 25.1 Å². The lowest BCUT2D eigenvalue weighted by Gasteiger charge is -2.01. The molecule has 2 aromatic rings. The number of rotatable bonds is 6. The third-order valence-electron chi connectivity index (χ3n) is 2.30. The number of anilines is 1. The van der Waals surface area contributed by atoms with Crippen LogP contribution in [-0.4, -0.2) is 24.7 Å². The Labute approximate surface area is 104 Å². The number of hydrogen-bond acceptors (Lipinski definition) is 4. The number of hydrogen-bond donors (Lipinski definition) is 1. The first-order valence-electron chi connectivity index (χ1n) is 5.67. The van der Waals surface area contributed by atoms with Gasteiger partial charge in [-0.3, -0.25) is 0 Å². The predicted molar refractivity (Wildman–Crippen MR) is 69.2 cm³/mol. The summed E-state index contributed by atoms with van der Waals surface area (Å²) in [5, 5.41) is 4.05. The highest BCUT2D eigenvalue weighted by Gasteiger charge is 2.03. The van der Waals surface area contributed by atoms with E-state index in [9.17, 15) is 4.39 Å². The van der Waals surface area contributed by atoms with E-state index in [2.05, 4.69) is 10.3 Å². The van der Waals surface area contributed by atoms with Crippen molar-refractivity contribution in [2.45, 2.75) is 13.3 Å². The van der Waals surface area contributed by atoms with Crippen molar-refractivity contribution < 1.29 is 9.13 Å². The summed E-state index contributed by atoms with van der Waals surface area (Å²) in [6.07, 6.45) is 0.943. The zero-order valence-electron chi connectivity index (χ0n) is 9.70. The van der Waals surface area contributed by atoms with Gasteiger partial charge < -0.3 is 10.1 Å². The zero-order valence-corrected chi connectivity index (χ0v) is 10.5. The SMILES string of the molecule is CCOCCCNc1nc2cc(F)ccc2s1. The van der Waals surface area contributed by atoms with Crippen LogP contribution in [-0.2, 0) is 4.74 Å². The van der Waals surface area contributed by atoms with E-state index in [-0.39, 0.29) is 5.82 Å². The van der Waals surface area contributed by atoms with Crippen LogP contribution in [0.5, 0.6) is 0 Å². The van der Waals surface area contributed by atoms with Gasteiger partial charge in [0.25, 0.3) is 0 Å². The number of benzene rings is 1. The summed E-state index contributed by atoms with van der Waals surface area (Å²) in [5.74, 6) is -0.245. The second-order valence-electron chi connectivity index (χ2n) is 3.61. The average molecular weight is 254 g/mol. The lowest BCUT2D eigenvalue weighted by molar-refractivity contribution is 0.147. The third kappa shape index (κ3) is 3.38. The molecule has 0 bridgehead atoms. The van der Waals surface area contributed by atoms with Crippen LogP contribution < -0.4 is 5.32 Å². The van der Waals surface area contributed by atoms with Crippen molar-refractivity contribution in [3.05, 3.63) is 24.0 Å². The van der Waals surface area contributed by atoms with Crippen LogP contribution >= 0.6 is 11.3 Å². The van der Waals surface area contributed by atoms with Gasteiger partial charge in [-0.1, -0.05) is 11.3 Å². The molecule has 0 aliphatic heterocycles. The molecule has 0 radical (unpaired) electrons. The number of ether oxygens (including phenoxy) is 1. The molecule has 3 nitrogen and oxygen atoms in total. The molecule has 0 aliphatic rings. The summed E-state index contributed by atoms with van der Waals surface area (Å²) in [7, 11) is 0. The summed E-state index contributed by atoms with van der Waals surface area (Å²) in [5.41, 5.74) is 0.710. The van der Waals surface area contributed by atoms with Crippen molar-refractivity contribution in [3.63, 3.8) is 0 Å². The molecule has 0 spiro atoms. The highest BCUT2D eigenvalue weighted by Crippen LogP contribution is 2.26. The molecule has 2 rings (SSSR count). The number of nitrogens with zero attached hydrogens (tertiary/aromatic N) is 1. The summed E-state index contributed by atoms with van der Waals surface area (Å²) in [6.45, 7) is 4.31. The van der Waals surface area contributed by atoms with Gasteiger partial charge in [0.2, 0.25) is 0 Å². The summed E-state index contributed by atoms with van der Waals surface area (Å²) < 4.78 is 19.2. The zero-order chi connectivity index (χ0) is 12.1. The Balaban J connectivity index is 1.91. The van der Waals surface area contributed by atoms with Gasteiger partial charge in [0.05, 0.1) is 10.2 Å². The van der Waals surface area contributed by atoms with Crippen LogP contribution in [0.4, 0.5) is 9.52 Å². The van der Waals surface area contributed by atoms with Crippen LogP contribution in [0.1, 0.15) is 13.3 Å². The van der Waals surface area contributed by atoms with Gasteiger partial charge >= 0.3 is 0 Å². The smallest absolute Gasteiger partial charge is 0.183 e. The number of halogens is 1. The molecule has 5 heteroatoms. The molecule has 0 aliphatic carbocycles. The molecule has 0 atom stereocenters. The van der Waals surface area contributed by atoms with E-state index in [1.54, 1.807) is 17.4 Å². The highest BCUT2D eigenvalue weighted by molar-refractivity contribution is 7.22. The van der Waals surface area contributed by atoms with Gasteiger partial charge in [0.15, 0.2) is 5.13 Å². The fourth-order valence-corrected chi connectivity index (χ4v) is 2.36. The maximum atomic E-state index is 13.0. The van der Waals surface area contributed by atoms with Gasteiger partial charge in [-0.2, -0.15) is 0 Å². The molecular weight excluding hydrogens is 239 g/mol. The average Bonchev–Trinajstić information content (AvgIpc) is 2.70. The van der Waals surface area contributed by atoms with Gasteiger partial charge in [0, 0.05) is 25.8 Å². The van der Waals surface area contributed by atoms with Crippen molar-refractivity contribution in [2.24, 2.45) is 0 Å². The molecular formula is C12H15FN2OS. The first kappa shape index (κ1) is 12.3. The first-order chi connectivity index (χ1) is 8.29. The predicted octanol–water partition coefficient (Wildman–Crippen LogP) is 3.27. The van der Waals surface area contributed by atoms with Crippen LogP contribution in [0.3, 0.4) is 0 Å². The fraction of sp³-hybridized carbons (Fsp3) is 0.417. The normalized spacial score (nSPS) is 10.9. The minimum absolute atomic E-state index is 0.245. The Morgan fingerprint density at radius 2 is 2.35 bits per heavy atom. The summed E-state index contributed by atoms with van der Waals surface area (Å²) in [4.78, 5) is 4.32. The van der Waals surface area contributed by atoms with Crippen molar-refractivity contribution in [3.8, 4) is 0 Å². The van der Waals surface area contributed by atoms with Gasteiger partial charge in [-0.15, -0.1) is 0 Å². The standard InChI is InChI=1S/C12H15FN2OS/c1-2-16-7-3-6-14-12-15-10-8-9(13)4-5-11(10)17-12/h4-5,8H,2-3,6-7H2,1H3,(H,14,15). The minimum atomic E-state index is -0.245. The Kier molecular flexibility index (Phi) is 4.28. The lowest BCUT2D eigenvalue weighted by Crippen LogP contribution is -2.05.